The Hall–Kier alpha value is -5.24. The van der Waals surface area contributed by atoms with Gasteiger partial charge in [0, 0.05) is 35.6 Å². The van der Waals surface area contributed by atoms with Crippen LogP contribution in [0.1, 0.15) is 114 Å². The van der Waals surface area contributed by atoms with Crippen LogP contribution in [0, 0.1) is 11.8 Å². The van der Waals surface area contributed by atoms with Gasteiger partial charge in [0.05, 0.1) is 11.8 Å². The summed E-state index contributed by atoms with van der Waals surface area (Å²) in [6, 6.07) is 30.6. The van der Waals surface area contributed by atoms with Crippen LogP contribution in [-0.4, -0.2) is 23.6 Å². The van der Waals surface area contributed by atoms with Gasteiger partial charge in [-0.1, -0.05) is 126 Å². The molecule has 0 saturated heterocycles. The molecule has 0 aromatic heterocycles. The third-order valence-corrected chi connectivity index (χ3v) is 10.3. The number of carbonyl (C=O) groups excluding carboxylic acids is 4. The minimum absolute atomic E-state index is 0.305. The van der Waals surface area contributed by atoms with E-state index in [0.29, 0.717) is 22.7 Å². The minimum atomic E-state index is -1.18. The number of anilines is 4. The fraction of sp³-hybridized carbons (Fsp3) is 0.417. The molecule has 56 heavy (non-hydrogen) atoms. The highest BCUT2D eigenvalue weighted by Crippen LogP contribution is 2.29. The van der Waals surface area contributed by atoms with Crippen LogP contribution in [0.3, 0.4) is 0 Å². The van der Waals surface area contributed by atoms with Crippen molar-refractivity contribution in [3.05, 3.63) is 119 Å². The zero-order valence-corrected chi connectivity index (χ0v) is 33.9. The van der Waals surface area contributed by atoms with Crippen molar-refractivity contribution < 1.29 is 19.2 Å². The summed E-state index contributed by atoms with van der Waals surface area (Å²) in [5, 5.41) is 12.3. The molecule has 8 heteroatoms. The van der Waals surface area contributed by atoms with Crippen LogP contribution in [-0.2, 0) is 44.9 Å². The molecule has 4 amide bonds. The number of hydrogen-bond acceptors (Lipinski definition) is 4. The number of hydrogen-bond donors (Lipinski definition) is 4. The number of nitrogens with one attached hydrogen (secondary N) is 4. The number of carbonyl (C=O) groups is 4. The standard InChI is InChI=1S/C48H62N4O4/c1-5-9-21-35-25-13-17-29-41(35)49-45(53)33-39(47(55)51-43-31-19-15-27-37(43)23-11-7-3)40(48(56)52-44-32-20-16-28-38(44)24-12-8-4)34-46(54)50-42-30-18-14-26-36(42)22-10-6-2/h13-20,25-32,39-40H,5-12,21-24,33-34H2,1-4H3,(H,49,53)(H,50,54)(H,51,55)(H,52,56). The molecule has 2 unspecified atom stereocenters. The zero-order valence-electron chi connectivity index (χ0n) is 33.9. The third-order valence-electron chi connectivity index (χ3n) is 10.3. The van der Waals surface area contributed by atoms with Gasteiger partial charge >= 0.3 is 0 Å². The summed E-state index contributed by atoms with van der Waals surface area (Å²) in [4.78, 5) is 57.4. The van der Waals surface area contributed by atoms with E-state index in [0.717, 1.165) is 99.3 Å². The largest absolute Gasteiger partial charge is 0.326 e. The molecular weight excluding hydrogens is 697 g/mol. The Balaban J connectivity index is 1.74. The Kier molecular flexibility index (Phi) is 18.3. The van der Waals surface area contributed by atoms with Gasteiger partial charge < -0.3 is 21.3 Å². The molecule has 0 radical (unpaired) electrons. The van der Waals surface area contributed by atoms with Gasteiger partial charge in [0.2, 0.25) is 23.6 Å². The summed E-state index contributed by atoms with van der Waals surface area (Å²) in [6.07, 6.45) is 10.3. The fourth-order valence-electron chi connectivity index (χ4n) is 7.00. The fourth-order valence-corrected chi connectivity index (χ4v) is 7.00. The van der Waals surface area contributed by atoms with Crippen LogP contribution in [0.4, 0.5) is 22.7 Å². The second-order valence-corrected chi connectivity index (χ2v) is 14.7. The van der Waals surface area contributed by atoms with Crippen LogP contribution < -0.4 is 21.3 Å². The quantitative estimate of drug-likeness (QED) is 0.0602. The third kappa shape index (κ3) is 13.5. The first-order chi connectivity index (χ1) is 27.3. The first-order valence-corrected chi connectivity index (χ1v) is 20.8. The average Bonchev–Trinajstić information content (AvgIpc) is 3.20. The van der Waals surface area contributed by atoms with Crippen LogP contribution in [0.25, 0.3) is 0 Å². The van der Waals surface area contributed by atoms with E-state index in [1.165, 1.54) is 0 Å². The number of amides is 4. The molecule has 0 aliphatic rings. The molecule has 4 rings (SSSR count). The Morgan fingerprint density at radius 3 is 0.911 bits per heavy atom. The molecule has 0 fully saturated rings. The lowest BCUT2D eigenvalue weighted by Crippen LogP contribution is -2.41. The molecule has 0 heterocycles. The molecule has 4 aromatic carbocycles. The van der Waals surface area contributed by atoms with E-state index in [1.807, 2.05) is 97.1 Å². The monoisotopic (exact) mass is 758 g/mol. The molecule has 4 N–H and O–H groups in total. The Bertz CT molecular complexity index is 1740. The normalized spacial score (nSPS) is 12.0. The lowest BCUT2D eigenvalue weighted by atomic mass is 9.84. The maximum absolute atomic E-state index is 14.7. The van der Waals surface area contributed by atoms with E-state index in [2.05, 4.69) is 49.0 Å². The van der Waals surface area contributed by atoms with Crippen molar-refractivity contribution in [3.8, 4) is 0 Å². The lowest BCUT2D eigenvalue weighted by molar-refractivity contribution is -0.134. The first-order valence-electron chi connectivity index (χ1n) is 20.8. The van der Waals surface area contributed by atoms with Gasteiger partial charge in [-0.25, -0.2) is 0 Å². The average molecular weight is 759 g/mol. The highest BCUT2D eigenvalue weighted by Gasteiger charge is 2.38. The second-order valence-electron chi connectivity index (χ2n) is 14.7. The van der Waals surface area contributed by atoms with Crippen molar-refractivity contribution in [1.29, 1.82) is 0 Å². The van der Waals surface area contributed by atoms with Crippen molar-refractivity contribution in [3.63, 3.8) is 0 Å². The minimum Gasteiger partial charge on any atom is -0.326 e. The van der Waals surface area contributed by atoms with E-state index in [4.69, 9.17) is 0 Å². The van der Waals surface area contributed by atoms with E-state index >= 15 is 0 Å². The van der Waals surface area contributed by atoms with Gasteiger partial charge in [-0.3, -0.25) is 19.2 Å². The molecule has 2 atom stereocenters. The van der Waals surface area contributed by atoms with Crippen LogP contribution >= 0.6 is 0 Å². The molecule has 0 aliphatic carbocycles. The molecule has 8 nitrogen and oxygen atoms in total. The number of unbranched alkanes of at least 4 members (excludes halogenated alkanes) is 4. The van der Waals surface area contributed by atoms with Crippen LogP contribution in [0.2, 0.25) is 0 Å². The highest BCUT2D eigenvalue weighted by atomic mass is 16.2. The van der Waals surface area contributed by atoms with Crippen molar-refractivity contribution in [2.45, 2.75) is 118 Å². The van der Waals surface area contributed by atoms with Crippen LogP contribution in [0.5, 0.6) is 0 Å². The maximum Gasteiger partial charge on any atom is 0.228 e. The van der Waals surface area contributed by atoms with Crippen molar-refractivity contribution in [1.82, 2.24) is 0 Å². The predicted molar refractivity (Wildman–Crippen MR) is 231 cm³/mol. The lowest BCUT2D eigenvalue weighted by Gasteiger charge is -2.26. The van der Waals surface area contributed by atoms with E-state index in [-0.39, 0.29) is 12.8 Å². The Morgan fingerprint density at radius 2 is 0.643 bits per heavy atom. The summed E-state index contributed by atoms with van der Waals surface area (Å²) in [5.41, 5.74) is 6.61. The van der Waals surface area contributed by atoms with Gasteiger partial charge in [0.15, 0.2) is 0 Å². The maximum atomic E-state index is 14.7. The van der Waals surface area contributed by atoms with Gasteiger partial charge in [-0.2, -0.15) is 0 Å². The summed E-state index contributed by atoms with van der Waals surface area (Å²) >= 11 is 0. The molecule has 4 aromatic rings. The summed E-state index contributed by atoms with van der Waals surface area (Å²) in [6.45, 7) is 8.48. The van der Waals surface area contributed by atoms with Gasteiger partial charge in [-0.05, 0) is 97.9 Å². The number of benzene rings is 4. The van der Waals surface area contributed by atoms with Crippen molar-refractivity contribution in [2.24, 2.45) is 11.8 Å². The summed E-state index contributed by atoms with van der Waals surface area (Å²) in [5.74, 6) is -4.14. The smallest absolute Gasteiger partial charge is 0.228 e. The van der Waals surface area contributed by atoms with Crippen LogP contribution in [0.15, 0.2) is 97.1 Å². The topological polar surface area (TPSA) is 116 Å². The molecule has 0 spiro atoms. The molecule has 0 aliphatic heterocycles. The molecule has 298 valence electrons. The van der Waals surface area contributed by atoms with Gasteiger partial charge in [0.25, 0.3) is 0 Å². The van der Waals surface area contributed by atoms with Crippen molar-refractivity contribution in [2.75, 3.05) is 21.3 Å². The van der Waals surface area contributed by atoms with E-state index in [1.54, 1.807) is 0 Å². The van der Waals surface area contributed by atoms with E-state index in [9.17, 15) is 19.2 Å². The Morgan fingerprint density at radius 1 is 0.393 bits per heavy atom. The Labute approximate surface area is 334 Å². The number of aryl methyl sites for hydroxylation is 4. The van der Waals surface area contributed by atoms with E-state index < -0.39 is 35.5 Å². The SMILES string of the molecule is CCCCc1ccccc1NC(=O)CC(C(=O)Nc1ccccc1CCCC)C(CC(=O)Nc1ccccc1CCCC)C(=O)Nc1ccccc1CCCC. The molecular formula is C48H62N4O4. The first kappa shape index (κ1) is 43.5. The number of rotatable bonds is 23. The van der Waals surface area contributed by atoms with Gasteiger partial charge in [-0.15, -0.1) is 0 Å². The molecule has 0 bridgehead atoms. The number of para-hydroxylation sites is 4. The zero-order chi connectivity index (χ0) is 40.1. The molecule has 0 saturated carbocycles. The summed E-state index contributed by atoms with van der Waals surface area (Å²) < 4.78 is 0. The van der Waals surface area contributed by atoms with Gasteiger partial charge in [0.1, 0.15) is 0 Å². The second kappa shape index (κ2) is 23.6. The van der Waals surface area contributed by atoms with Crippen molar-refractivity contribution >= 4 is 46.4 Å². The predicted octanol–water partition coefficient (Wildman–Crippen LogP) is 10.9. The highest BCUT2D eigenvalue weighted by molar-refractivity contribution is 6.05. The summed E-state index contributed by atoms with van der Waals surface area (Å²) in [7, 11) is 0.